The van der Waals surface area contributed by atoms with E-state index < -0.39 is 23.5 Å². The third kappa shape index (κ3) is 13.1. The molecule has 0 saturated carbocycles. The lowest BCUT2D eigenvalue weighted by molar-refractivity contribution is -0.138. The second-order valence-corrected chi connectivity index (χ2v) is 17.1. The molecule has 360 valence electrons. The van der Waals surface area contributed by atoms with E-state index >= 15 is 0 Å². The number of ether oxygens (including phenoxy) is 4. The molecule has 4 aromatic rings. The van der Waals surface area contributed by atoms with Crippen molar-refractivity contribution in [2.75, 3.05) is 106 Å². The zero-order chi connectivity index (χ0) is 46.9. The van der Waals surface area contributed by atoms with Gasteiger partial charge in [0.25, 0.3) is 0 Å². The molecule has 15 nitrogen and oxygen atoms in total. The number of aromatic nitrogens is 6. The Bertz CT molecular complexity index is 2180. The highest BCUT2D eigenvalue weighted by atomic mass is 19.4. The zero-order valence-electron chi connectivity index (χ0n) is 37.8. The monoisotopic (exact) mass is 931 g/mol. The first-order valence-corrected chi connectivity index (χ1v) is 22.6. The van der Waals surface area contributed by atoms with E-state index in [0.29, 0.717) is 75.7 Å². The van der Waals surface area contributed by atoms with Crippen LogP contribution in [0, 0.1) is 0 Å². The molecule has 4 aromatic heterocycles. The molecule has 2 N–H and O–H groups in total. The third-order valence-electron chi connectivity index (χ3n) is 11.8. The summed E-state index contributed by atoms with van der Waals surface area (Å²) < 4.78 is 101. The number of rotatable bonds is 9. The van der Waals surface area contributed by atoms with Crippen molar-refractivity contribution in [2.45, 2.75) is 89.2 Å². The van der Waals surface area contributed by atoms with E-state index in [1.54, 1.807) is 6.07 Å². The number of hydrogen-bond donors (Lipinski definition) is 2. The minimum absolute atomic E-state index is 0.0831. The van der Waals surface area contributed by atoms with Gasteiger partial charge in [-0.1, -0.05) is 13.8 Å². The number of pyridine rings is 2. The molecule has 5 fully saturated rings. The van der Waals surface area contributed by atoms with Crippen molar-refractivity contribution < 1.29 is 45.3 Å². The molecule has 0 aromatic carbocycles. The van der Waals surface area contributed by atoms with Crippen molar-refractivity contribution in [3.63, 3.8) is 0 Å². The first-order valence-electron chi connectivity index (χ1n) is 22.6. The lowest BCUT2D eigenvalue weighted by Gasteiger charge is -2.46. The molecule has 0 radical (unpaired) electrons. The van der Waals surface area contributed by atoms with Crippen LogP contribution in [0.5, 0.6) is 0 Å². The van der Waals surface area contributed by atoms with E-state index in [9.17, 15) is 26.3 Å². The van der Waals surface area contributed by atoms with Gasteiger partial charge in [-0.15, -0.1) is 0 Å². The van der Waals surface area contributed by atoms with E-state index in [4.69, 9.17) is 28.9 Å². The van der Waals surface area contributed by atoms with Gasteiger partial charge in [-0.25, -0.2) is 19.9 Å². The molecule has 5 aliphatic rings. The SMILES string of the molecule is CC.CC1(C)CN(c2nc(Nc3cc(C(F)(F)F)ccn3)cc(C3CCOCC3)n2)CCO1.FC(F)(F)c1ccnc(Nc2cc(C3CCOCC3)nc(N3CC(N4CCOCC4)C3)n2)c1. The van der Waals surface area contributed by atoms with Crippen molar-refractivity contribution in [2.24, 2.45) is 0 Å². The predicted molar refractivity (Wildman–Crippen MR) is 237 cm³/mol. The molecule has 9 rings (SSSR count). The van der Waals surface area contributed by atoms with Crippen LogP contribution in [0.3, 0.4) is 0 Å². The quantitative estimate of drug-likeness (QED) is 0.155. The highest BCUT2D eigenvalue weighted by molar-refractivity contribution is 5.57. The van der Waals surface area contributed by atoms with Crippen molar-refractivity contribution in [1.82, 2.24) is 34.8 Å². The fourth-order valence-electron chi connectivity index (χ4n) is 8.31. The molecule has 9 heterocycles. The van der Waals surface area contributed by atoms with Crippen LogP contribution in [-0.4, -0.2) is 132 Å². The normalized spacial score (nSPS) is 20.0. The van der Waals surface area contributed by atoms with E-state index in [-0.39, 0.29) is 29.1 Å². The first kappa shape index (κ1) is 49.0. The Morgan fingerprint density at radius 1 is 0.576 bits per heavy atom. The maximum absolute atomic E-state index is 13.1. The van der Waals surface area contributed by atoms with E-state index in [0.717, 1.165) is 113 Å². The fourth-order valence-corrected chi connectivity index (χ4v) is 8.31. The summed E-state index contributed by atoms with van der Waals surface area (Å²) in [6.07, 6.45) is -3.20. The number of nitrogens with one attached hydrogen (secondary N) is 2. The highest BCUT2D eigenvalue weighted by Crippen LogP contribution is 2.35. The molecular formula is C45H59F6N11O4. The van der Waals surface area contributed by atoms with Gasteiger partial charge >= 0.3 is 12.4 Å². The van der Waals surface area contributed by atoms with Crippen molar-refractivity contribution >= 4 is 35.2 Å². The van der Waals surface area contributed by atoms with Crippen LogP contribution in [0.1, 0.15) is 87.7 Å². The Kier molecular flexibility index (Phi) is 16.2. The van der Waals surface area contributed by atoms with E-state index in [1.807, 2.05) is 33.8 Å². The molecule has 66 heavy (non-hydrogen) atoms. The van der Waals surface area contributed by atoms with Crippen molar-refractivity contribution in [1.29, 1.82) is 0 Å². The Balaban J connectivity index is 0.000000190. The summed E-state index contributed by atoms with van der Waals surface area (Å²) in [6.45, 7) is 17.5. The molecule has 21 heteroatoms. The first-order chi connectivity index (χ1) is 31.6. The zero-order valence-corrected chi connectivity index (χ0v) is 37.8. The molecule has 5 aliphatic heterocycles. The van der Waals surface area contributed by atoms with Gasteiger partial charge in [0, 0.05) is 108 Å². The van der Waals surface area contributed by atoms with Crippen LogP contribution < -0.4 is 20.4 Å². The maximum Gasteiger partial charge on any atom is 0.416 e. The summed E-state index contributed by atoms with van der Waals surface area (Å²) in [5.41, 5.74) is -0.125. The minimum Gasteiger partial charge on any atom is -0.381 e. The third-order valence-corrected chi connectivity index (χ3v) is 11.8. The number of nitrogens with zero attached hydrogens (tertiary/aromatic N) is 9. The average molecular weight is 932 g/mol. The number of halogens is 6. The lowest BCUT2D eigenvalue weighted by atomic mass is 9.96. The van der Waals surface area contributed by atoms with Crippen molar-refractivity contribution in [3.8, 4) is 0 Å². The summed E-state index contributed by atoms with van der Waals surface area (Å²) >= 11 is 0. The summed E-state index contributed by atoms with van der Waals surface area (Å²) in [5, 5.41) is 5.91. The highest BCUT2D eigenvalue weighted by Gasteiger charge is 2.36. The standard InChI is InChI=1S/C22H27F3N6O2.C21H26F3N5O2.C2H6/c23-22(24,25)16-1-4-26-19(11-16)28-20-12-18(15-2-7-32-8-3-15)27-21(29-20)31-13-17(14-31)30-5-9-33-10-6-30;1-20(2)13-29(7-10-31-20)19-26-16(14-4-8-30-9-5-14)12-18(28-19)27-17-11-15(3-6-25-17)21(22,23)24;1-2/h1,4,11-12,15,17H,2-3,5-10,13-14H2,(H,26,27,28,29);3,6,11-12,14H,4-5,7-10,13H2,1-2H3,(H,25,26,27,28);1-2H3. The summed E-state index contributed by atoms with van der Waals surface area (Å²) in [5.74, 6) is 2.62. The second-order valence-electron chi connectivity index (χ2n) is 17.1. The van der Waals surface area contributed by atoms with Gasteiger partial charge in [-0.3, -0.25) is 4.90 Å². The molecular weight excluding hydrogens is 873 g/mol. The number of hydrogen-bond acceptors (Lipinski definition) is 15. The number of alkyl halides is 6. The van der Waals surface area contributed by atoms with Gasteiger partial charge in [-0.05, 0) is 63.8 Å². The van der Waals surface area contributed by atoms with Gasteiger partial charge < -0.3 is 39.4 Å². The van der Waals surface area contributed by atoms with Gasteiger partial charge in [0.05, 0.1) is 47.9 Å². The predicted octanol–water partition coefficient (Wildman–Crippen LogP) is 8.22. The van der Waals surface area contributed by atoms with Gasteiger partial charge in [-0.2, -0.15) is 36.3 Å². The number of morpholine rings is 2. The largest absolute Gasteiger partial charge is 0.416 e. The lowest BCUT2D eigenvalue weighted by Crippen LogP contribution is -2.62. The van der Waals surface area contributed by atoms with E-state index in [2.05, 4.69) is 45.3 Å². The van der Waals surface area contributed by atoms with Crippen LogP contribution in [0.15, 0.2) is 48.8 Å². The fraction of sp³-hybridized carbons (Fsp3) is 0.600. The van der Waals surface area contributed by atoms with Gasteiger partial charge in [0.1, 0.15) is 23.3 Å². The Morgan fingerprint density at radius 3 is 1.48 bits per heavy atom. The summed E-state index contributed by atoms with van der Waals surface area (Å²) in [6, 6.07) is 7.93. The van der Waals surface area contributed by atoms with Crippen LogP contribution in [0.2, 0.25) is 0 Å². The van der Waals surface area contributed by atoms with Gasteiger partial charge in [0.15, 0.2) is 0 Å². The maximum atomic E-state index is 13.1. The van der Waals surface area contributed by atoms with E-state index in [1.165, 1.54) is 0 Å². The molecule has 0 atom stereocenters. The smallest absolute Gasteiger partial charge is 0.381 e. The Labute approximate surface area is 381 Å². The minimum atomic E-state index is -4.44. The Morgan fingerprint density at radius 2 is 1.03 bits per heavy atom. The Hall–Kier alpha value is -4.96. The molecule has 0 bridgehead atoms. The second kappa shape index (κ2) is 21.8. The molecule has 0 amide bonds. The summed E-state index contributed by atoms with van der Waals surface area (Å²) in [4.78, 5) is 33.5. The topological polar surface area (TPSA) is 148 Å². The molecule has 5 saturated heterocycles. The number of anilines is 6. The van der Waals surface area contributed by atoms with Crippen LogP contribution in [0.4, 0.5) is 61.5 Å². The van der Waals surface area contributed by atoms with Crippen LogP contribution >= 0.6 is 0 Å². The van der Waals surface area contributed by atoms with Crippen LogP contribution in [0.25, 0.3) is 0 Å². The summed E-state index contributed by atoms with van der Waals surface area (Å²) in [7, 11) is 0. The van der Waals surface area contributed by atoms with Crippen LogP contribution in [-0.2, 0) is 31.3 Å². The molecule has 0 aliphatic carbocycles. The molecule has 0 spiro atoms. The molecule has 0 unspecified atom stereocenters. The average Bonchev–Trinajstić information content (AvgIpc) is 3.29. The van der Waals surface area contributed by atoms with Crippen molar-refractivity contribution in [3.05, 3.63) is 71.3 Å². The van der Waals surface area contributed by atoms with Gasteiger partial charge in [0.2, 0.25) is 11.9 Å².